The molecule has 3 aromatic carbocycles. The topological polar surface area (TPSA) is 54.1 Å². The lowest BCUT2D eigenvalue weighted by molar-refractivity contribution is -0.121. The van der Waals surface area contributed by atoms with Crippen molar-refractivity contribution in [1.29, 1.82) is 0 Å². The molecule has 0 spiro atoms. The first-order valence-corrected chi connectivity index (χ1v) is 11.7. The highest BCUT2D eigenvalue weighted by Crippen LogP contribution is 2.36. The highest BCUT2D eigenvalue weighted by molar-refractivity contribution is 6.31. The molecular formula is C28H29ClN2O2. The standard InChI is InChI=1S/C28H29ClN2O2/c1-19(2)16-31-28(32)15-24(26-17-30-27-12-11-22(29)14-25(26)27)21-9-6-10-23(13-21)33-18-20-7-4-3-5-8-20/h3-14,17,19,24,30H,15-16,18H2,1-2H3,(H,31,32)/t24-/m1/s1. The zero-order valence-electron chi connectivity index (χ0n) is 19.0. The van der Waals surface area contributed by atoms with Gasteiger partial charge >= 0.3 is 0 Å². The number of carbonyl (C=O) groups is 1. The van der Waals surface area contributed by atoms with E-state index in [1.54, 1.807) is 0 Å². The molecule has 170 valence electrons. The second-order valence-corrected chi connectivity index (χ2v) is 9.17. The Morgan fingerprint density at radius 3 is 2.64 bits per heavy atom. The average Bonchev–Trinajstić information content (AvgIpc) is 3.23. The van der Waals surface area contributed by atoms with Gasteiger partial charge in [-0.25, -0.2) is 0 Å². The van der Waals surface area contributed by atoms with E-state index in [-0.39, 0.29) is 11.8 Å². The van der Waals surface area contributed by atoms with Crippen LogP contribution in [0.25, 0.3) is 10.9 Å². The predicted octanol–water partition coefficient (Wildman–Crippen LogP) is 6.69. The first-order chi connectivity index (χ1) is 16.0. The van der Waals surface area contributed by atoms with E-state index in [0.29, 0.717) is 30.5 Å². The van der Waals surface area contributed by atoms with Gasteiger partial charge in [0.2, 0.25) is 5.91 Å². The lowest BCUT2D eigenvalue weighted by atomic mass is 9.87. The van der Waals surface area contributed by atoms with Gasteiger partial charge in [-0.05, 0) is 52.9 Å². The maximum atomic E-state index is 12.8. The van der Waals surface area contributed by atoms with Crippen LogP contribution in [-0.2, 0) is 11.4 Å². The van der Waals surface area contributed by atoms with E-state index >= 15 is 0 Å². The summed E-state index contributed by atoms with van der Waals surface area (Å²) in [6.45, 7) is 5.33. The molecule has 2 N–H and O–H groups in total. The summed E-state index contributed by atoms with van der Waals surface area (Å²) in [5.74, 6) is 1.07. The van der Waals surface area contributed by atoms with Crippen molar-refractivity contribution in [3.63, 3.8) is 0 Å². The number of nitrogens with one attached hydrogen (secondary N) is 2. The van der Waals surface area contributed by atoms with Gasteiger partial charge in [0.05, 0.1) is 0 Å². The van der Waals surface area contributed by atoms with Crippen molar-refractivity contribution >= 4 is 28.4 Å². The van der Waals surface area contributed by atoms with Gasteiger partial charge in [-0.3, -0.25) is 4.79 Å². The smallest absolute Gasteiger partial charge is 0.220 e. The number of amides is 1. The second-order valence-electron chi connectivity index (χ2n) is 8.74. The third-order valence-corrected chi connectivity index (χ3v) is 5.89. The normalized spacial score (nSPS) is 12.1. The number of hydrogen-bond acceptors (Lipinski definition) is 2. The Morgan fingerprint density at radius 1 is 1.03 bits per heavy atom. The molecule has 33 heavy (non-hydrogen) atoms. The second kappa shape index (κ2) is 10.6. The summed E-state index contributed by atoms with van der Waals surface area (Å²) >= 11 is 6.30. The van der Waals surface area contributed by atoms with Crippen LogP contribution in [0.2, 0.25) is 5.02 Å². The Morgan fingerprint density at radius 2 is 1.85 bits per heavy atom. The lowest BCUT2D eigenvalue weighted by Crippen LogP contribution is -2.28. The number of H-pyrrole nitrogens is 1. The molecule has 5 heteroatoms. The summed E-state index contributed by atoms with van der Waals surface area (Å²) in [5, 5.41) is 4.76. The van der Waals surface area contributed by atoms with E-state index in [1.165, 1.54) is 0 Å². The molecule has 1 heterocycles. The summed E-state index contributed by atoms with van der Waals surface area (Å²) in [7, 11) is 0. The fraction of sp³-hybridized carbons (Fsp3) is 0.250. The van der Waals surface area contributed by atoms with E-state index in [0.717, 1.165) is 33.3 Å². The van der Waals surface area contributed by atoms with Crippen molar-refractivity contribution < 1.29 is 9.53 Å². The third kappa shape index (κ3) is 5.96. The van der Waals surface area contributed by atoms with Gasteiger partial charge in [-0.1, -0.05) is 67.9 Å². The van der Waals surface area contributed by atoms with Crippen LogP contribution in [0.4, 0.5) is 0 Å². The summed E-state index contributed by atoms with van der Waals surface area (Å²) < 4.78 is 6.06. The Kier molecular flexibility index (Phi) is 7.36. The molecule has 0 fully saturated rings. The number of rotatable bonds is 9. The maximum absolute atomic E-state index is 12.8. The predicted molar refractivity (Wildman–Crippen MR) is 135 cm³/mol. The molecule has 0 aliphatic heterocycles. The molecule has 4 rings (SSSR count). The first-order valence-electron chi connectivity index (χ1n) is 11.3. The molecule has 1 amide bonds. The molecule has 4 nitrogen and oxygen atoms in total. The molecule has 0 aliphatic rings. The number of halogens is 1. The van der Waals surface area contributed by atoms with E-state index in [9.17, 15) is 4.79 Å². The number of hydrogen-bond donors (Lipinski definition) is 2. The molecule has 0 saturated carbocycles. The Hall–Kier alpha value is -3.24. The van der Waals surface area contributed by atoms with Crippen LogP contribution in [0.5, 0.6) is 5.75 Å². The minimum atomic E-state index is -0.135. The zero-order valence-corrected chi connectivity index (χ0v) is 19.7. The van der Waals surface area contributed by atoms with Crippen LogP contribution in [0.3, 0.4) is 0 Å². The molecule has 0 unspecified atom stereocenters. The monoisotopic (exact) mass is 460 g/mol. The Labute approximate surface area is 199 Å². The van der Waals surface area contributed by atoms with Crippen molar-refractivity contribution in [2.75, 3.05) is 6.54 Å². The van der Waals surface area contributed by atoms with E-state index in [2.05, 4.69) is 30.2 Å². The van der Waals surface area contributed by atoms with Gasteiger partial charge in [0.25, 0.3) is 0 Å². The minimum Gasteiger partial charge on any atom is -0.489 e. The molecule has 0 bridgehead atoms. The van der Waals surface area contributed by atoms with Crippen molar-refractivity contribution in [2.24, 2.45) is 5.92 Å². The molecular weight excluding hydrogens is 432 g/mol. The van der Waals surface area contributed by atoms with Crippen molar-refractivity contribution in [3.8, 4) is 5.75 Å². The number of aromatic nitrogens is 1. The third-order valence-electron chi connectivity index (χ3n) is 5.66. The molecule has 0 saturated heterocycles. The van der Waals surface area contributed by atoms with Gasteiger partial charge in [0.1, 0.15) is 12.4 Å². The number of carbonyl (C=O) groups excluding carboxylic acids is 1. The Bertz CT molecular complexity index is 1220. The van der Waals surface area contributed by atoms with E-state index in [1.807, 2.05) is 72.9 Å². The Balaban J connectivity index is 1.64. The van der Waals surface area contributed by atoms with Gasteiger partial charge in [0.15, 0.2) is 0 Å². The SMILES string of the molecule is CC(C)CNC(=O)C[C@H](c1cccc(OCc2ccccc2)c1)c1c[nH]c2ccc(Cl)cc12. The van der Waals surface area contributed by atoms with Crippen LogP contribution < -0.4 is 10.1 Å². The molecule has 1 aromatic heterocycles. The van der Waals surface area contributed by atoms with Gasteiger partial charge in [0, 0.05) is 41.0 Å². The van der Waals surface area contributed by atoms with Crippen molar-refractivity contribution in [2.45, 2.75) is 32.8 Å². The quantitative estimate of drug-likeness (QED) is 0.292. The summed E-state index contributed by atoms with van der Waals surface area (Å²) in [6, 6.07) is 23.9. The average molecular weight is 461 g/mol. The highest BCUT2D eigenvalue weighted by atomic mass is 35.5. The number of fused-ring (bicyclic) bond motifs is 1. The molecule has 1 atom stereocenters. The summed E-state index contributed by atoms with van der Waals surface area (Å²) in [4.78, 5) is 16.2. The molecule has 0 aliphatic carbocycles. The number of aromatic amines is 1. The number of ether oxygens (including phenoxy) is 1. The maximum Gasteiger partial charge on any atom is 0.220 e. The molecule has 4 aromatic rings. The van der Waals surface area contributed by atoms with Crippen molar-refractivity contribution in [1.82, 2.24) is 10.3 Å². The van der Waals surface area contributed by atoms with E-state index < -0.39 is 0 Å². The summed E-state index contributed by atoms with van der Waals surface area (Å²) in [5.41, 5.74) is 4.19. The van der Waals surface area contributed by atoms with E-state index in [4.69, 9.17) is 16.3 Å². The van der Waals surface area contributed by atoms with Gasteiger partial charge < -0.3 is 15.0 Å². The lowest BCUT2D eigenvalue weighted by Gasteiger charge is -2.19. The highest BCUT2D eigenvalue weighted by Gasteiger charge is 2.22. The molecule has 0 radical (unpaired) electrons. The van der Waals surface area contributed by atoms with Crippen LogP contribution >= 0.6 is 11.6 Å². The first kappa shape index (κ1) is 22.9. The van der Waals surface area contributed by atoms with Crippen molar-refractivity contribution in [3.05, 3.63) is 101 Å². The van der Waals surface area contributed by atoms with Gasteiger partial charge in [-0.15, -0.1) is 0 Å². The van der Waals surface area contributed by atoms with Crippen LogP contribution in [0, 0.1) is 5.92 Å². The summed E-state index contributed by atoms with van der Waals surface area (Å²) in [6.07, 6.45) is 2.33. The van der Waals surface area contributed by atoms with Crippen LogP contribution in [0.1, 0.15) is 42.9 Å². The van der Waals surface area contributed by atoms with Gasteiger partial charge in [-0.2, -0.15) is 0 Å². The van der Waals surface area contributed by atoms with Crippen LogP contribution in [-0.4, -0.2) is 17.4 Å². The van der Waals surface area contributed by atoms with Crippen LogP contribution in [0.15, 0.2) is 79.0 Å². The minimum absolute atomic E-state index is 0.0284. The number of benzene rings is 3. The fourth-order valence-corrected chi connectivity index (χ4v) is 4.12. The zero-order chi connectivity index (χ0) is 23.2. The largest absolute Gasteiger partial charge is 0.489 e. The fourth-order valence-electron chi connectivity index (χ4n) is 3.95.